The Hall–Kier alpha value is -0.720. The molecule has 0 amide bonds. The van der Waals surface area contributed by atoms with E-state index in [4.69, 9.17) is 11.5 Å². The molecule has 1 aliphatic rings. The first-order chi connectivity index (χ1) is 3.29. The van der Waals surface area contributed by atoms with Crippen molar-refractivity contribution in [3.63, 3.8) is 0 Å². The normalized spacial score (nSPS) is 28.1. The third-order valence-corrected chi connectivity index (χ3v) is 0.938. The second-order valence-electron chi connectivity index (χ2n) is 1.70. The highest BCUT2D eigenvalue weighted by Gasteiger charge is 2.02. The van der Waals surface area contributed by atoms with Gasteiger partial charge in [0.15, 0.2) is 0 Å². The van der Waals surface area contributed by atoms with Crippen molar-refractivity contribution in [2.75, 3.05) is 0 Å². The zero-order valence-corrected chi connectivity index (χ0v) is 4.02. The van der Waals surface area contributed by atoms with Crippen molar-refractivity contribution in [1.82, 2.24) is 0 Å². The molecule has 0 aromatic rings. The summed E-state index contributed by atoms with van der Waals surface area (Å²) in [4.78, 5) is 0. The Balaban J connectivity index is 2.62. The summed E-state index contributed by atoms with van der Waals surface area (Å²) < 4.78 is 0. The first kappa shape index (κ1) is 4.44. The summed E-state index contributed by atoms with van der Waals surface area (Å²) in [5, 5.41) is 0. The highest BCUT2D eigenvalue weighted by atomic mass is 14.7. The molecule has 0 saturated carbocycles. The molecule has 0 aliphatic heterocycles. The minimum absolute atomic E-state index is 0.125. The molecule has 4 N–H and O–H groups in total. The smallest absolute Gasteiger partial charge is 0.0528 e. The van der Waals surface area contributed by atoms with Crippen molar-refractivity contribution in [2.24, 2.45) is 11.5 Å². The van der Waals surface area contributed by atoms with Crippen molar-refractivity contribution in [3.8, 4) is 0 Å². The van der Waals surface area contributed by atoms with Crippen LogP contribution in [-0.4, -0.2) is 6.04 Å². The van der Waals surface area contributed by atoms with Crippen LogP contribution in [0.25, 0.3) is 0 Å². The molecule has 0 aromatic heterocycles. The van der Waals surface area contributed by atoms with E-state index in [0.717, 1.165) is 12.1 Å². The van der Waals surface area contributed by atoms with E-state index in [0.29, 0.717) is 0 Å². The second-order valence-corrected chi connectivity index (χ2v) is 1.70. The molecule has 0 spiro atoms. The van der Waals surface area contributed by atoms with Gasteiger partial charge in [-0.05, 0) is 6.08 Å². The quantitative estimate of drug-likeness (QED) is 0.407. The van der Waals surface area contributed by atoms with Gasteiger partial charge in [0.25, 0.3) is 0 Å². The maximum Gasteiger partial charge on any atom is 0.0528 e. The minimum Gasteiger partial charge on any atom is -0.396 e. The van der Waals surface area contributed by atoms with Crippen LogP contribution in [-0.2, 0) is 0 Å². The molecule has 1 atom stereocenters. The largest absolute Gasteiger partial charge is 0.396 e. The van der Waals surface area contributed by atoms with Gasteiger partial charge in [-0.2, -0.15) is 0 Å². The first-order valence-electron chi connectivity index (χ1n) is 2.26. The van der Waals surface area contributed by atoms with Crippen molar-refractivity contribution in [1.29, 1.82) is 0 Å². The number of hydrogen-bond acceptors (Lipinski definition) is 2. The van der Waals surface area contributed by atoms with Gasteiger partial charge in [-0.15, -0.1) is 5.73 Å². The summed E-state index contributed by atoms with van der Waals surface area (Å²) in [6.07, 6.45) is 2.56. The molecule has 7 heavy (non-hydrogen) atoms. The van der Waals surface area contributed by atoms with Gasteiger partial charge in [0.1, 0.15) is 0 Å². The molecule has 1 unspecified atom stereocenters. The van der Waals surface area contributed by atoms with Crippen LogP contribution in [0.15, 0.2) is 17.5 Å². The summed E-state index contributed by atoms with van der Waals surface area (Å²) in [6, 6.07) is 0.125. The zero-order chi connectivity index (χ0) is 5.28. The summed E-state index contributed by atoms with van der Waals surface area (Å²) in [5.74, 6) is 0. The van der Waals surface area contributed by atoms with Gasteiger partial charge in [-0.1, -0.05) is 0 Å². The lowest BCUT2D eigenvalue weighted by Crippen LogP contribution is -2.15. The van der Waals surface area contributed by atoms with E-state index in [1.807, 2.05) is 0 Å². The third kappa shape index (κ3) is 0.829. The molecule has 2 heteroatoms. The molecule has 0 heterocycles. The lowest BCUT2D eigenvalue weighted by molar-refractivity contribution is 0.821. The van der Waals surface area contributed by atoms with Crippen LogP contribution in [0.2, 0.25) is 0 Å². The Kier molecular flexibility index (Phi) is 0.895. The van der Waals surface area contributed by atoms with E-state index in [2.05, 4.69) is 5.73 Å². The molecule has 1 aliphatic carbocycles. The lowest BCUT2D eigenvalue weighted by Gasteiger charge is -1.94. The van der Waals surface area contributed by atoms with Crippen LogP contribution in [0, 0.1) is 0 Å². The van der Waals surface area contributed by atoms with E-state index >= 15 is 0 Å². The monoisotopic (exact) mass is 96.1 g/mol. The Morgan fingerprint density at radius 1 is 1.86 bits per heavy atom. The number of nitrogens with two attached hydrogens (primary N) is 2. The zero-order valence-electron chi connectivity index (χ0n) is 4.02. The van der Waals surface area contributed by atoms with Gasteiger partial charge in [-0.25, -0.2) is 0 Å². The summed E-state index contributed by atoms with van der Waals surface area (Å²) >= 11 is 0. The van der Waals surface area contributed by atoms with Gasteiger partial charge in [-0.3, -0.25) is 0 Å². The molecule has 0 bridgehead atoms. The highest BCUT2D eigenvalue weighted by molar-refractivity contribution is 5.11. The molecule has 0 saturated heterocycles. The SMILES string of the molecule is NC1=C=CC(N)C1. The average Bonchev–Trinajstić information content (AvgIpc) is 1.87. The molecule has 38 valence electrons. The minimum atomic E-state index is 0.125. The van der Waals surface area contributed by atoms with E-state index in [1.54, 1.807) is 6.08 Å². The maximum absolute atomic E-state index is 5.41. The maximum atomic E-state index is 5.41. The van der Waals surface area contributed by atoms with Crippen LogP contribution in [0.1, 0.15) is 6.42 Å². The van der Waals surface area contributed by atoms with Crippen LogP contribution in [0.5, 0.6) is 0 Å². The Morgan fingerprint density at radius 2 is 2.57 bits per heavy atom. The molecule has 0 fully saturated rings. The molecule has 1 rings (SSSR count). The topological polar surface area (TPSA) is 52.0 Å². The first-order valence-corrected chi connectivity index (χ1v) is 2.26. The second kappa shape index (κ2) is 1.41. The van der Waals surface area contributed by atoms with E-state index in [1.165, 1.54) is 0 Å². The molecular weight excluding hydrogens is 88.1 g/mol. The van der Waals surface area contributed by atoms with Crippen LogP contribution in [0.3, 0.4) is 0 Å². The third-order valence-electron chi connectivity index (χ3n) is 0.938. The van der Waals surface area contributed by atoms with E-state index in [9.17, 15) is 0 Å². The molecule has 0 radical (unpaired) electrons. The van der Waals surface area contributed by atoms with Crippen LogP contribution < -0.4 is 11.5 Å². The predicted molar refractivity (Wildman–Crippen MR) is 28.4 cm³/mol. The number of rotatable bonds is 0. The predicted octanol–water partition coefficient (Wildman–Crippen LogP) is -0.285. The molecule has 0 aromatic carbocycles. The lowest BCUT2D eigenvalue weighted by atomic mass is 10.3. The van der Waals surface area contributed by atoms with Gasteiger partial charge >= 0.3 is 0 Å². The van der Waals surface area contributed by atoms with Gasteiger partial charge in [0.2, 0.25) is 0 Å². The van der Waals surface area contributed by atoms with E-state index in [-0.39, 0.29) is 6.04 Å². The fraction of sp³-hybridized carbons (Fsp3) is 0.400. The van der Waals surface area contributed by atoms with Gasteiger partial charge in [0, 0.05) is 12.5 Å². The fourth-order valence-electron chi connectivity index (χ4n) is 0.586. The molecule has 2 nitrogen and oxygen atoms in total. The Bertz CT molecular complexity index is 131. The van der Waals surface area contributed by atoms with Crippen molar-refractivity contribution >= 4 is 0 Å². The average molecular weight is 96.1 g/mol. The van der Waals surface area contributed by atoms with Crippen LogP contribution >= 0.6 is 0 Å². The van der Waals surface area contributed by atoms with E-state index < -0.39 is 0 Å². The van der Waals surface area contributed by atoms with Gasteiger partial charge < -0.3 is 11.5 Å². The number of hydrogen-bond donors (Lipinski definition) is 2. The summed E-state index contributed by atoms with van der Waals surface area (Å²) in [7, 11) is 0. The highest BCUT2D eigenvalue weighted by Crippen LogP contribution is 2.02. The molecular formula is C5H8N2. The van der Waals surface area contributed by atoms with Crippen LogP contribution in [0.4, 0.5) is 0 Å². The summed E-state index contributed by atoms with van der Waals surface area (Å²) in [6.45, 7) is 0. The Labute approximate surface area is 42.5 Å². The Morgan fingerprint density at radius 3 is 2.71 bits per heavy atom. The summed E-state index contributed by atoms with van der Waals surface area (Å²) in [5.41, 5.74) is 14.3. The van der Waals surface area contributed by atoms with Crippen molar-refractivity contribution < 1.29 is 0 Å². The van der Waals surface area contributed by atoms with Gasteiger partial charge in [0.05, 0.1) is 5.70 Å². The standard InChI is InChI=1S/C5H8N2/c6-4-1-2-5(7)3-4/h1,4H,3,6-7H2. The van der Waals surface area contributed by atoms with Crippen molar-refractivity contribution in [2.45, 2.75) is 12.5 Å². The fourth-order valence-corrected chi connectivity index (χ4v) is 0.586. The van der Waals surface area contributed by atoms with Crippen molar-refractivity contribution in [3.05, 3.63) is 17.5 Å².